The SMILES string of the molecule is O=C(/C=C/c1ccc(Cl)cc1Cl)NCCCCCC1CO1. The van der Waals surface area contributed by atoms with Gasteiger partial charge in [-0.3, -0.25) is 4.79 Å². The summed E-state index contributed by atoms with van der Waals surface area (Å²) < 4.78 is 5.15. The van der Waals surface area contributed by atoms with Crippen LogP contribution in [-0.2, 0) is 9.53 Å². The zero-order valence-electron chi connectivity index (χ0n) is 11.8. The highest BCUT2D eigenvalue weighted by Gasteiger charge is 2.20. The highest BCUT2D eigenvalue weighted by Crippen LogP contribution is 2.21. The van der Waals surface area contributed by atoms with Crippen LogP contribution in [0.25, 0.3) is 6.08 Å². The Morgan fingerprint density at radius 3 is 2.86 bits per heavy atom. The molecular formula is C16H19Cl2NO2. The van der Waals surface area contributed by atoms with Crippen molar-refractivity contribution in [1.29, 1.82) is 0 Å². The van der Waals surface area contributed by atoms with Gasteiger partial charge in [-0.05, 0) is 36.6 Å². The van der Waals surface area contributed by atoms with Crippen LogP contribution in [0.4, 0.5) is 0 Å². The summed E-state index contributed by atoms with van der Waals surface area (Å²) in [4.78, 5) is 11.7. The number of rotatable bonds is 8. The number of hydrogen-bond acceptors (Lipinski definition) is 2. The van der Waals surface area contributed by atoms with Gasteiger partial charge in [0.2, 0.25) is 5.91 Å². The van der Waals surface area contributed by atoms with Crippen LogP contribution in [0.3, 0.4) is 0 Å². The average molecular weight is 328 g/mol. The van der Waals surface area contributed by atoms with Crippen LogP contribution in [0.2, 0.25) is 10.0 Å². The van der Waals surface area contributed by atoms with E-state index in [1.807, 2.05) is 0 Å². The van der Waals surface area contributed by atoms with Crippen molar-refractivity contribution in [3.8, 4) is 0 Å². The van der Waals surface area contributed by atoms with Crippen LogP contribution in [0.5, 0.6) is 0 Å². The van der Waals surface area contributed by atoms with Gasteiger partial charge in [0.05, 0.1) is 12.7 Å². The van der Waals surface area contributed by atoms with E-state index in [0.29, 0.717) is 22.7 Å². The van der Waals surface area contributed by atoms with Gasteiger partial charge >= 0.3 is 0 Å². The average Bonchev–Trinajstić information content (AvgIpc) is 3.26. The molecule has 1 unspecified atom stereocenters. The molecule has 0 radical (unpaired) electrons. The molecule has 1 aliphatic rings. The van der Waals surface area contributed by atoms with E-state index in [2.05, 4.69) is 5.32 Å². The van der Waals surface area contributed by atoms with E-state index in [0.717, 1.165) is 37.9 Å². The Morgan fingerprint density at radius 2 is 2.14 bits per heavy atom. The largest absolute Gasteiger partial charge is 0.373 e. The van der Waals surface area contributed by atoms with E-state index in [1.165, 1.54) is 6.08 Å². The van der Waals surface area contributed by atoms with Crippen LogP contribution < -0.4 is 5.32 Å². The van der Waals surface area contributed by atoms with Crippen molar-refractivity contribution in [3.63, 3.8) is 0 Å². The summed E-state index contributed by atoms with van der Waals surface area (Å²) in [6, 6.07) is 5.19. The third-order valence-corrected chi connectivity index (χ3v) is 3.84. The third-order valence-electron chi connectivity index (χ3n) is 3.28. The molecule has 0 aromatic heterocycles. The van der Waals surface area contributed by atoms with E-state index in [1.54, 1.807) is 24.3 Å². The van der Waals surface area contributed by atoms with Crippen LogP contribution >= 0.6 is 23.2 Å². The molecule has 1 amide bonds. The molecule has 2 rings (SSSR count). The van der Waals surface area contributed by atoms with Crippen LogP contribution in [0, 0.1) is 0 Å². The lowest BCUT2D eigenvalue weighted by molar-refractivity contribution is -0.116. The Kier molecular flexibility index (Phi) is 6.55. The van der Waals surface area contributed by atoms with Gasteiger partial charge in [-0.15, -0.1) is 0 Å². The number of halogens is 2. The van der Waals surface area contributed by atoms with E-state index < -0.39 is 0 Å². The highest BCUT2D eigenvalue weighted by molar-refractivity contribution is 6.35. The number of epoxide rings is 1. The minimum Gasteiger partial charge on any atom is -0.373 e. The first kappa shape index (κ1) is 16.3. The fourth-order valence-electron chi connectivity index (χ4n) is 1.98. The third kappa shape index (κ3) is 6.51. The van der Waals surface area contributed by atoms with Gasteiger partial charge in [0.15, 0.2) is 0 Å². The summed E-state index contributed by atoms with van der Waals surface area (Å²) in [5.74, 6) is -0.105. The summed E-state index contributed by atoms with van der Waals surface area (Å²) in [5, 5.41) is 3.98. The zero-order valence-corrected chi connectivity index (χ0v) is 13.3. The van der Waals surface area contributed by atoms with Gasteiger partial charge in [-0.25, -0.2) is 0 Å². The number of ether oxygens (including phenoxy) is 1. The molecule has 1 N–H and O–H groups in total. The van der Waals surface area contributed by atoms with Crippen LogP contribution in [0.1, 0.15) is 31.2 Å². The van der Waals surface area contributed by atoms with Crippen LogP contribution in [0.15, 0.2) is 24.3 Å². The van der Waals surface area contributed by atoms with Crippen molar-refractivity contribution in [2.75, 3.05) is 13.2 Å². The van der Waals surface area contributed by atoms with Crippen molar-refractivity contribution in [1.82, 2.24) is 5.32 Å². The molecule has 0 spiro atoms. The van der Waals surface area contributed by atoms with Crippen LogP contribution in [-0.4, -0.2) is 25.2 Å². The Labute approximate surface area is 135 Å². The summed E-state index contributed by atoms with van der Waals surface area (Å²) >= 11 is 11.8. The lowest BCUT2D eigenvalue weighted by Crippen LogP contribution is -2.21. The van der Waals surface area contributed by atoms with Crippen molar-refractivity contribution in [2.24, 2.45) is 0 Å². The van der Waals surface area contributed by atoms with E-state index >= 15 is 0 Å². The first-order chi connectivity index (χ1) is 10.1. The number of nitrogens with one attached hydrogen (secondary N) is 1. The van der Waals surface area contributed by atoms with Gasteiger partial charge in [-0.2, -0.15) is 0 Å². The molecule has 1 atom stereocenters. The smallest absolute Gasteiger partial charge is 0.243 e. The maximum absolute atomic E-state index is 11.7. The maximum atomic E-state index is 11.7. The highest BCUT2D eigenvalue weighted by atomic mass is 35.5. The topological polar surface area (TPSA) is 41.6 Å². The second-order valence-corrected chi connectivity index (χ2v) is 5.94. The Morgan fingerprint density at radius 1 is 1.33 bits per heavy atom. The normalized spacial score (nSPS) is 17.1. The van der Waals surface area contributed by atoms with E-state index in [4.69, 9.17) is 27.9 Å². The Balaban J connectivity index is 1.62. The molecule has 5 heteroatoms. The van der Waals surface area contributed by atoms with Gasteiger partial charge in [-0.1, -0.05) is 42.1 Å². The molecular weight excluding hydrogens is 309 g/mol. The Bertz CT molecular complexity index is 513. The molecule has 0 saturated carbocycles. The first-order valence-corrected chi connectivity index (χ1v) is 7.93. The fraction of sp³-hybridized carbons (Fsp3) is 0.438. The number of hydrogen-bond donors (Lipinski definition) is 1. The molecule has 1 aromatic carbocycles. The second-order valence-electron chi connectivity index (χ2n) is 5.09. The van der Waals surface area contributed by atoms with Crippen molar-refractivity contribution < 1.29 is 9.53 Å². The molecule has 1 fully saturated rings. The number of benzene rings is 1. The predicted octanol–water partition coefficient (Wildman–Crippen LogP) is 4.08. The molecule has 114 valence electrons. The molecule has 1 aromatic rings. The quantitative estimate of drug-likeness (QED) is 0.444. The molecule has 1 saturated heterocycles. The van der Waals surface area contributed by atoms with Gasteiger partial charge < -0.3 is 10.1 Å². The molecule has 0 bridgehead atoms. The number of unbranched alkanes of at least 4 members (excludes halogenated alkanes) is 2. The predicted molar refractivity (Wildman–Crippen MR) is 86.7 cm³/mol. The summed E-state index contributed by atoms with van der Waals surface area (Å²) in [6.45, 7) is 1.62. The monoisotopic (exact) mass is 327 g/mol. The lowest BCUT2D eigenvalue weighted by Gasteiger charge is -2.02. The minimum atomic E-state index is -0.105. The maximum Gasteiger partial charge on any atom is 0.243 e. The van der Waals surface area contributed by atoms with Crippen molar-refractivity contribution in [3.05, 3.63) is 39.9 Å². The van der Waals surface area contributed by atoms with Gasteiger partial charge in [0.1, 0.15) is 0 Å². The molecule has 3 nitrogen and oxygen atoms in total. The second kappa shape index (κ2) is 8.42. The molecule has 0 aliphatic carbocycles. The summed E-state index contributed by atoms with van der Waals surface area (Å²) in [7, 11) is 0. The van der Waals surface area contributed by atoms with Crippen molar-refractivity contribution >= 4 is 35.2 Å². The van der Waals surface area contributed by atoms with E-state index in [9.17, 15) is 4.79 Å². The number of amides is 1. The standard InChI is InChI=1S/C16H19Cl2NO2/c17-13-7-5-12(15(18)10-13)6-8-16(20)19-9-3-1-2-4-14-11-21-14/h5-8,10,14H,1-4,9,11H2,(H,19,20)/b8-6+. The summed E-state index contributed by atoms with van der Waals surface area (Å²) in [5.41, 5.74) is 0.778. The zero-order chi connectivity index (χ0) is 15.1. The number of carbonyl (C=O) groups is 1. The lowest BCUT2D eigenvalue weighted by atomic mass is 10.1. The first-order valence-electron chi connectivity index (χ1n) is 7.18. The summed E-state index contributed by atoms with van der Waals surface area (Å²) in [6.07, 6.45) is 8.11. The van der Waals surface area contributed by atoms with Gasteiger partial charge in [0.25, 0.3) is 0 Å². The number of carbonyl (C=O) groups excluding carboxylic acids is 1. The Hall–Kier alpha value is -1.03. The molecule has 21 heavy (non-hydrogen) atoms. The molecule has 1 aliphatic heterocycles. The minimum absolute atomic E-state index is 0.105. The fourth-order valence-corrected chi connectivity index (χ4v) is 2.45. The van der Waals surface area contributed by atoms with Crippen molar-refractivity contribution in [2.45, 2.75) is 31.8 Å². The van der Waals surface area contributed by atoms with E-state index in [-0.39, 0.29) is 5.91 Å². The molecule has 1 heterocycles. The van der Waals surface area contributed by atoms with Gasteiger partial charge in [0, 0.05) is 22.7 Å².